The van der Waals surface area contributed by atoms with Gasteiger partial charge in [-0.3, -0.25) is 4.79 Å². The first-order chi connectivity index (χ1) is 7.33. The number of hydrogen-bond donors (Lipinski definition) is 0. The molecule has 0 aromatic carbocycles. The molecule has 80 valence electrons. The monoisotopic (exact) mass is 204 g/mol. The average molecular weight is 204 g/mol. The summed E-state index contributed by atoms with van der Waals surface area (Å²) < 4.78 is 0. The van der Waals surface area contributed by atoms with Gasteiger partial charge in [-0.25, -0.2) is 9.97 Å². The van der Waals surface area contributed by atoms with Crippen LogP contribution in [0.15, 0.2) is 12.4 Å². The van der Waals surface area contributed by atoms with Crippen LogP contribution in [0.4, 0.5) is 0 Å². The lowest BCUT2D eigenvalue weighted by Crippen LogP contribution is -2.01. The Morgan fingerprint density at radius 2 is 2.13 bits per heavy atom. The third kappa shape index (κ3) is 2.22. The summed E-state index contributed by atoms with van der Waals surface area (Å²) in [6.07, 6.45) is 8.97. The molecule has 0 N–H and O–H groups in total. The third-order valence-corrected chi connectivity index (χ3v) is 3.31. The highest BCUT2D eigenvalue weighted by molar-refractivity contribution is 5.73. The van der Waals surface area contributed by atoms with E-state index in [4.69, 9.17) is 0 Å². The van der Waals surface area contributed by atoms with Crippen LogP contribution in [0.2, 0.25) is 0 Å². The van der Waals surface area contributed by atoms with E-state index in [1.165, 1.54) is 25.7 Å². The van der Waals surface area contributed by atoms with Gasteiger partial charge in [-0.15, -0.1) is 0 Å². The Morgan fingerprint density at radius 3 is 2.67 bits per heavy atom. The van der Waals surface area contributed by atoms with Gasteiger partial charge in [0.2, 0.25) is 0 Å². The van der Waals surface area contributed by atoms with E-state index in [0.29, 0.717) is 11.5 Å². The number of aldehydes is 1. The van der Waals surface area contributed by atoms with Gasteiger partial charge in [0.25, 0.3) is 0 Å². The van der Waals surface area contributed by atoms with Gasteiger partial charge in [0.15, 0.2) is 6.29 Å². The number of carbonyl (C=O) groups is 1. The minimum Gasteiger partial charge on any atom is -0.298 e. The van der Waals surface area contributed by atoms with Crippen LogP contribution in [0, 0.1) is 5.92 Å². The average Bonchev–Trinajstić information content (AvgIpc) is 2.78. The predicted molar refractivity (Wildman–Crippen MR) is 57.8 cm³/mol. The molecule has 3 nitrogen and oxygen atoms in total. The van der Waals surface area contributed by atoms with Crippen LogP contribution in [-0.4, -0.2) is 16.3 Å². The van der Waals surface area contributed by atoms with E-state index in [2.05, 4.69) is 16.9 Å². The molecule has 1 aliphatic carbocycles. The molecule has 2 unspecified atom stereocenters. The van der Waals surface area contributed by atoms with Crippen molar-refractivity contribution in [1.82, 2.24) is 9.97 Å². The molecular weight excluding hydrogens is 188 g/mol. The third-order valence-electron chi connectivity index (χ3n) is 3.31. The summed E-state index contributed by atoms with van der Waals surface area (Å²) in [7, 11) is 0. The minimum absolute atomic E-state index is 0.510. The second-order valence-electron chi connectivity index (χ2n) is 4.28. The number of carbonyl (C=O) groups excluding carboxylic acids is 1. The minimum atomic E-state index is 0.510. The molecule has 0 aliphatic heterocycles. The van der Waals surface area contributed by atoms with Crippen molar-refractivity contribution in [2.24, 2.45) is 5.92 Å². The first-order valence-electron chi connectivity index (χ1n) is 5.60. The van der Waals surface area contributed by atoms with Gasteiger partial charge >= 0.3 is 0 Å². The lowest BCUT2D eigenvalue weighted by molar-refractivity contribution is 0.112. The zero-order chi connectivity index (χ0) is 10.7. The molecule has 1 aromatic rings. The Morgan fingerprint density at radius 1 is 1.40 bits per heavy atom. The molecular formula is C12H16N2O. The van der Waals surface area contributed by atoms with Crippen molar-refractivity contribution in [3.63, 3.8) is 0 Å². The number of aromatic nitrogens is 2. The van der Waals surface area contributed by atoms with Crippen LogP contribution in [0.3, 0.4) is 0 Å². The number of nitrogens with zero attached hydrogens (tertiary/aromatic N) is 2. The van der Waals surface area contributed by atoms with E-state index >= 15 is 0 Å². The SMILES string of the molecule is CCC1CCC(c2ncc(C=O)cn2)C1. The van der Waals surface area contributed by atoms with E-state index < -0.39 is 0 Å². The zero-order valence-electron chi connectivity index (χ0n) is 9.02. The fourth-order valence-corrected chi connectivity index (χ4v) is 2.30. The molecule has 1 saturated carbocycles. The molecule has 0 amide bonds. The molecule has 1 aromatic heterocycles. The van der Waals surface area contributed by atoms with Crippen LogP contribution >= 0.6 is 0 Å². The van der Waals surface area contributed by atoms with Gasteiger partial charge in [-0.05, 0) is 25.2 Å². The Balaban J connectivity index is 2.07. The van der Waals surface area contributed by atoms with Crippen LogP contribution in [-0.2, 0) is 0 Å². The Bertz CT molecular complexity index is 334. The largest absolute Gasteiger partial charge is 0.298 e. The summed E-state index contributed by atoms with van der Waals surface area (Å²) in [5.41, 5.74) is 0.559. The Kier molecular flexibility index (Phi) is 3.09. The summed E-state index contributed by atoms with van der Waals surface area (Å²) in [6, 6.07) is 0. The molecule has 15 heavy (non-hydrogen) atoms. The van der Waals surface area contributed by atoms with Crippen molar-refractivity contribution in [2.45, 2.75) is 38.5 Å². The van der Waals surface area contributed by atoms with E-state index in [9.17, 15) is 4.79 Å². The zero-order valence-corrected chi connectivity index (χ0v) is 9.02. The van der Waals surface area contributed by atoms with E-state index in [1.807, 2.05) is 0 Å². The molecule has 1 fully saturated rings. The first-order valence-corrected chi connectivity index (χ1v) is 5.60. The second kappa shape index (κ2) is 4.51. The van der Waals surface area contributed by atoms with E-state index in [0.717, 1.165) is 18.0 Å². The van der Waals surface area contributed by atoms with Gasteiger partial charge < -0.3 is 0 Å². The fourth-order valence-electron chi connectivity index (χ4n) is 2.30. The van der Waals surface area contributed by atoms with Crippen LogP contribution in [0.5, 0.6) is 0 Å². The Labute approximate surface area is 89.9 Å². The van der Waals surface area contributed by atoms with Gasteiger partial charge in [0.1, 0.15) is 5.82 Å². The standard InChI is InChI=1S/C12H16N2O/c1-2-9-3-4-11(5-9)12-13-6-10(8-15)7-14-12/h6-9,11H,2-5H2,1H3. The molecule has 1 heterocycles. The van der Waals surface area contributed by atoms with Crippen molar-refractivity contribution >= 4 is 6.29 Å². The van der Waals surface area contributed by atoms with E-state index in [1.54, 1.807) is 12.4 Å². The molecule has 0 saturated heterocycles. The summed E-state index contributed by atoms with van der Waals surface area (Å²) in [4.78, 5) is 19.0. The highest BCUT2D eigenvalue weighted by atomic mass is 16.1. The molecule has 0 bridgehead atoms. The number of rotatable bonds is 3. The van der Waals surface area contributed by atoms with Crippen molar-refractivity contribution in [2.75, 3.05) is 0 Å². The summed E-state index contributed by atoms with van der Waals surface area (Å²) in [5, 5.41) is 0. The fraction of sp³-hybridized carbons (Fsp3) is 0.583. The van der Waals surface area contributed by atoms with Gasteiger partial charge in [0, 0.05) is 18.3 Å². The van der Waals surface area contributed by atoms with Gasteiger partial charge in [-0.1, -0.05) is 13.3 Å². The van der Waals surface area contributed by atoms with Crippen LogP contribution in [0.25, 0.3) is 0 Å². The summed E-state index contributed by atoms with van der Waals surface area (Å²) >= 11 is 0. The molecule has 2 rings (SSSR count). The van der Waals surface area contributed by atoms with Gasteiger partial charge in [0.05, 0.1) is 5.56 Å². The maximum Gasteiger partial charge on any atom is 0.153 e. The lowest BCUT2D eigenvalue weighted by Gasteiger charge is -2.08. The molecule has 0 spiro atoms. The smallest absolute Gasteiger partial charge is 0.153 e. The van der Waals surface area contributed by atoms with Crippen molar-refractivity contribution in [1.29, 1.82) is 0 Å². The normalized spacial score (nSPS) is 25.4. The highest BCUT2D eigenvalue weighted by Gasteiger charge is 2.26. The summed E-state index contributed by atoms with van der Waals surface area (Å²) in [6.45, 7) is 2.24. The predicted octanol–water partition coefficient (Wildman–Crippen LogP) is 2.58. The van der Waals surface area contributed by atoms with Crippen molar-refractivity contribution in [3.05, 3.63) is 23.8 Å². The second-order valence-corrected chi connectivity index (χ2v) is 4.28. The first kappa shape index (κ1) is 10.3. The van der Waals surface area contributed by atoms with Crippen LogP contribution in [0.1, 0.15) is 54.7 Å². The quantitative estimate of drug-likeness (QED) is 0.711. The summed E-state index contributed by atoms with van der Waals surface area (Å²) in [5.74, 6) is 2.26. The maximum absolute atomic E-state index is 10.5. The van der Waals surface area contributed by atoms with E-state index in [-0.39, 0.29) is 0 Å². The Hall–Kier alpha value is -1.25. The lowest BCUT2D eigenvalue weighted by atomic mass is 10.0. The molecule has 1 aliphatic rings. The molecule has 2 atom stereocenters. The van der Waals surface area contributed by atoms with Crippen LogP contribution < -0.4 is 0 Å². The number of hydrogen-bond acceptors (Lipinski definition) is 3. The van der Waals surface area contributed by atoms with Crippen molar-refractivity contribution < 1.29 is 4.79 Å². The molecule has 0 radical (unpaired) electrons. The molecule has 3 heteroatoms. The maximum atomic E-state index is 10.5. The van der Waals surface area contributed by atoms with Gasteiger partial charge in [-0.2, -0.15) is 0 Å². The highest BCUT2D eigenvalue weighted by Crippen LogP contribution is 2.37. The van der Waals surface area contributed by atoms with Crippen molar-refractivity contribution in [3.8, 4) is 0 Å². The topological polar surface area (TPSA) is 42.9 Å².